The Morgan fingerprint density at radius 2 is 2.08 bits per heavy atom. The molecule has 0 amide bonds. The van der Waals surface area contributed by atoms with Crippen LogP contribution in [-0.4, -0.2) is 60.4 Å². The van der Waals surface area contributed by atoms with Gasteiger partial charge in [-0.05, 0) is 23.5 Å². The summed E-state index contributed by atoms with van der Waals surface area (Å²) < 4.78 is 1.79. The molecule has 1 aliphatic rings. The summed E-state index contributed by atoms with van der Waals surface area (Å²) >= 11 is 0. The van der Waals surface area contributed by atoms with Crippen molar-refractivity contribution < 1.29 is 10.2 Å². The second-order valence-corrected chi connectivity index (χ2v) is 7.44. The molecular formula is C17H25N5O2. The number of hydrogen-bond donors (Lipinski definition) is 2. The highest BCUT2D eigenvalue weighted by Gasteiger charge is 2.34. The van der Waals surface area contributed by atoms with Crippen molar-refractivity contribution in [2.24, 2.45) is 5.41 Å². The average Bonchev–Trinajstić information content (AvgIpc) is 2.90. The Balaban J connectivity index is 1.65. The van der Waals surface area contributed by atoms with Crippen molar-refractivity contribution in [3.63, 3.8) is 0 Å². The molecule has 0 aliphatic carbocycles. The molecule has 24 heavy (non-hydrogen) atoms. The van der Waals surface area contributed by atoms with Gasteiger partial charge in [-0.25, -0.2) is 4.68 Å². The molecule has 0 radical (unpaired) electrons. The van der Waals surface area contributed by atoms with Crippen molar-refractivity contribution in [3.8, 4) is 0 Å². The van der Waals surface area contributed by atoms with E-state index in [1.54, 1.807) is 10.9 Å². The SMILES string of the molecule is CC1(C)C[C@@H](O)[C@@H](O)CN(Cc2cn(Cc3cccnc3)nn2)C1. The second kappa shape index (κ2) is 6.96. The molecule has 2 aromatic rings. The molecule has 7 heteroatoms. The van der Waals surface area contributed by atoms with Crippen LogP contribution in [0.15, 0.2) is 30.7 Å². The highest BCUT2D eigenvalue weighted by Crippen LogP contribution is 2.29. The van der Waals surface area contributed by atoms with Crippen LogP contribution < -0.4 is 0 Å². The Morgan fingerprint density at radius 1 is 1.25 bits per heavy atom. The number of hydrogen-bond acceptors (Lipinski definition) is 6. The molecule has 0 spiro atoms. The smallest absolute Gasteiger partial charge is 0.0967 e. The van der Waals surface area contributed by atoms with Crippen LogP contribution in [0, 0.1) is 5.41 Å². The summed E-state index contributed by atoms with van der Waals surface area (Å²) in [6, 6.07) is 3.91. The molecule has 3 heterocycles. The van der Waals surface area contributed by atoms with Crippen molar-refractivity contribution >= 4 is 0 Å². The van der Waals surface area contributed by atoms with E-state index in [4.69, 9.17) is 0 Å². The fourth-order valence-corrected chi connectivity index (χ4v) is 3.34. The number of aliphatic hydroxyl groups excluding tert-OH is 2. The van der Waals surface area contributed by atoms with E-state index >= 15 is 0 Å². The van der Waals surface area contributed by atoms with Gasteiger partial charge in [-0.3, -0.25) is 9.88 Å². The van der Waals surface area contributed by atoms with E-state index in [1.165, 1.54) is 0 Å². The van der Waals surface area contributed by atoms with Gasteiger partial charge in [0.1, 0.15) is 0 Å². The maximum atomic E-state index is 10.1. The molecule has 0 aromatic carbocycles. The summed E-state index contributed by atoms with van der Waals surface area (Å²) in [4.78, 5) is 6.24. The molecule has 2 aromatic heterocycles. The Hall–Kier alpha value is -1.83. The van der Waals surface area contributed by atoms with Gasteiger partial charge in [0.05, 0.1) is 30.6 Å². The number of β-amino-alcohol motifs (C(OH)–C–C–N with tert-alkyl or cyclic N) is 1. The van der Waals surface area contributed by atoms with E-state index in [0.717, 1.165) is 17.8 Å². The van der Waals surface area contributed by atoms with E-state index in [2.05, 4.69) is 34.0 Å². The number of nitrogens with zero attached hydrogens (tertiary/aromatic N) is 5. The molecule has 1 aliphatic heterocycles. The average molecular weight is 331 g/mol. The van der Waals surface area contributed by atoms with Crippen molar-refractivity contribution in [1.29, 1.82) is 0 Å². The molecule has 0 unspecified atom stereocenters. The predicted octanol–water partition coefficient (Wildman–Crippen LogP) is 0.675. The first-order valence-electron chi connectivity index (χ1n) is 8.28. The fraction of sp³-hybridized carbons (Fsp3) is 0.588. The molecule has 3 rings (SSSR count). The molecule has 130 valence electrons. The summed E-state index contributed by atoms with van der Waals surface area (Å²) in [7, 11) is 0. The third-order valence-corrected chi connectivity index (χ3v) is 4.34. The van der Waals surface area contributed by atoms with Gasteiger partial charge in [0.2, 0.25) is 0 Å². The van der Waals surface area contributed by atoms with E-state index in [0.29, 0.717) is 26.1 Å². The molecular weight excluding hydrogens is 306 g/mol. The van der Waals surface area contributed by atoms with E-state index < -0.39 is 12.2 Å². The van der Waals surface area contributed by atoms with Crippen LogP contribution in [0.2, 0.25) is 0 Å². The number of rotatable bonds is 4. The fourth-order valence-electron chi connectivity index (χ4n) is 3.34. The third kappa shape index (κ3) is 4.37. The minimum atomic E-state index is -0.725. The van der Waals surface area contributed by atoms with E-state index in [-0.39, 0.29) is 5.41 Å². The van der Waals surface area contributed by atoms with Gasteiger partial charge in [0.15, 0.2) is 0 Å². The highest BCUT2D eigenvalue weighted by atomic mass is 16.3. The summed E-state index contributed by atoms with van der Waals surface area (Å²) in [5.41, 5.74) is 1.88. The minimum absolute atomic E-state index is 0.0530. The summed E-state index contributed by atoms with van der Waals surface area (Å²) in [5, 5.41) is 28.5. The van der Waals surface area contributed by atoms with Crippen LogP contribution in [0.5, 0.6) is 0 Å². The van der Waals surface area contributed by atoms with Crippen LogP contribution in [0.3, 0.4) is 0 Å². The van der Waals surface area contributed by atoms with Crippen LogP contribution in [0.25, 0.3) is 0 Å². The van der Waals surface area contributed by atoms with Gasteiger partial charge in [-0.2, -0.15) is 0 Å². The van der Waals surface area contributed by atoms with E-state index in [9.17, 15) is 10.2 Å². The topological polar surface area (TPSA) is 87.3 Å². The quantitative estimate of drug-likeness (QED) is 0.856. The van der Waals surface area contributed by atoms with E-state index in [1.807, 2.05) is 24.5 Å². The van der Waals surface area contributed by atoms with Gasteiger partial charge < -0.3 is 10.2 Å². The zero-order valence-electron chi connectivity index (χ0n) is 14.2. The van der Waals surface area contributed by atoms with Crippen molar-refractivity contribution in [1.82, 2.24) is 24.9 Å². The van der Waals surface area contributed by atoms with Gasteiger partial charge >= 0.3 is 0 Å². The predicted molar refractivity (Wildman–Crippen MR) is 89.0 cm³/mol. The monoisotopic (exact) mass is 331 g/mol. The third-order valence-electron chi connectivity index (χ3n) is 4.34. The normalized spacial score (nSPS) is 24.7. The second-order valence-electron chi connectivity index (χ2n) is 7.44. The van der Waals surface area contributed by atoms with Crippen LogP contribution in [0.4, 0.5) is 0 Å². The maximum Gasteiger partial charge on any atom is 0.0967 e. The summed E-state index contributed by atoms with van der Waals surface area (Å²) in [5.74, 6) is 0. The van der Waals surface area contributed by atoms with Crippen molar-refractivity contribution in [2.75, 3.05) is 13.1 Å². The van der Waals surface area contributed by atoms with Crippen LogP contribution in [0.1, 0.15) is 31.5 Å². The lowest BCUT2D eigenvalue weighted by Gasteiger charge is -2.28. The largest absolute Gasteiger partial charge is 0.390 e. The molecule has 1 fully saturated rings. The lowest BCUT2D eigenvalue weighted by Crippen LogP contribution is -2.36. The molecule has 7 nitrogen and oxygen atoms in total. The minimum Gasteiger partial charge on any atom is -0.390 e. The van der Waals surface area contributed by atoms with Crippen LogP contribution >= 0.6 is 0 Å². The molecule has 2 N–H and O–H groups in total. The first kappa shape index (κ1) is 17.0. The lowest BCUT2D eigenvalue weighted by molar-refractivity contribution is 0.00249. The molecule has 1 saturated heterocycles. The number of likely N-dealkylation sites (tertiary alicyclic amines) is 1. The van der Waals surface area contributed by atoms with Gasteiger partial charge in [-0.15, -0.1) is 5.10 Å². The van der Waals surface area contributed by atoms with Crippen molar-refractivity contribution in [3.05, 3.63) is 42.0 Å². The Morgan fingerprint density at radius 3 is 2.83 bits per heavy atom. The standard InChI is InChI=1S/C17H25N5O2/c1-17(2)6-15(23)16(24)11-21(12-17)9-14-10-22(20-19-14)8-13-4-3-5-18-7-13/h3-5,7,10,15-16,23-24H,6,8-9,11-12H2,1-2H3/t15-,16+/m1/s1. The zero-order chi connectivity index (χ0) is 17.2. The van der Waals surface area contributed by atoms with Gasteiger partial charge in [0.25, 0.3) is 0 Å². The Labute approximate surface area is 141 Å². The zero-order valence-corrected chi connectivity index (χ0v) is 14.2. The van der Waals surface area contributed by atoms with Gasteiger partial charge in [-0.1, -0.05) is 25.1 Å². The maximum absolute atomic E-state index is 10.1. The number of aromatic nitrogens is 4. The first-order valence-corrected chi connectivity index (χ1v) is 8.28. The lowest BCUT2D eigenvalue weighted by atomic mass is 9.86. The van der Waals surface area contributed by atoms with Crippen molar-refractivity contribution in [2.45, 2.75) is 45.6 Å². The highest BCUT2D eigenvalue weighted by molar-refractivity contribution is 5.09. The number of aliphatic hydroxyl groups is 2. The Bertz CT molecular complexity index is 658. The van der Waals surface area contributed by atoms with Gasteiger partial charge in [0, 0.05) is 32.0 Å². The first-order chi connectivity index (χ1) is 11.4. The molecule has 0 bridgehead atoms. The molecule has 0 saturated carbocycles. The summed E-state index contributed by atoms with van der Waals surface area (Å²) in [6.45, 7) is 6.71. The molecule has 2 atom stereocenters. The summed E-state index contributed by atoms with van der Waals surface area (Å²) in [6.07, 6.45) is 4.68. The number of pyridine rings is 1. The Kier molecular flexibility index (Phi) is 4.93. The van der Waals surface area contributed by atoms with Crippen LogP contribution in [-0.2, 0) is 13.1 Å².